The minimum atomic E-state index is -4.92. The number of hydrogen-bond donors (Lipinski definition) is 2. The Hall–Kier alpha value is -2.43. The summed E-state index contributed by atoms with van der Waals surface area (Å²) < 4.78 is 50.8. The molecular weight excluding hydrogens is 381 g/mol. The average molecular weight is 400 g/mol. The van der Waals surface area contributed by atoms with E-state index in [2.05, 4.69) is 0 Å². The molecule has 1 aliphatic heterocycles. The molecule has 3 rings (SSSR count). The standard InChI is InChI=1S/C18H19F3N2O5/c1-10-3-2-4-11(5-10)9-27-13-6-15(28-14(13)8-24)23-7-12(18(19,20)21)16(25)22-17(23)26/h2-5,7,13-15,24H,6,8-9H2,1H3,(H,22,25,26)/t13?,14-,15-/m0/s1. The summed E-state index contributed by atoms with van der Waals surface area (Å²) in [5.41, 5.74) is -2.11. The van der Waals surface area contributed by atoms with E-state index in [0.29, 0.717) is 10.8 Å². The normalized spacial score (nSPS) is 22.5. The second-order valence-electron chi connectivity index (χ2n) is 6.59. The number of ether oxygens (including phenoxy) is 2. The molecule has 3 atom stereocenters. The summed E-state index contributed by atoms with van der Waals surface area (Å²) in [7, 11) is 0. The molecule has 0 amide bonds. The average Bonchev–Trinajstić information content (AvgIpc) is 3.02. The van der Waals surface area contributed by atoms with E-state index >= 15 is 0 Å². The number of aromatic nitrogens is 2. The molecule has 28 heavy (non-hydrogen) atoms. The maximum atomic E-state index is 13.0. The molecule has 152 valence electrons. The smallest absolute Gasteiger partial charge is 0.394 e. The van der Waals surface area contributed by atoms with Crippen LogP contribution in [0.5, 0.6) is 0 Å². The summed E-state index contributed by atoms with van der Waals surface area (Å²) in [6.07, 6.45) is -7.00. The summed E-state index contributed by atoms with van der Waals surface area (Å²) in [6.45, 7) is 1.71. The number of nitrogens with zero attached hydrogens (tertiary/aromatic N) is 1. The molecule has 0 aliphatic carbocycles. The van der Waals surface area contributed by atoms with Crippen LogP contribution >= 0.6 is 0 Å². The number of nitrogens with one attached hydrogen (secondary N) is 1. The number of aliphatic hydroxyl groups excluding tert-OH is 1. The molecule has 2 aromatic rings. The largest absolute Gasteiger partial charge is 0.423 e. The third-order valence-electron chi connectivity index (χ3n) is 4.49. The Labute approximate surface area is 157 Å². The van der Waals surface area contributed by atoms with E-state index in [0.717, 1.165) is 11.1 Å². The highest BCUT2D eigenvalue weighted by atomic mass is 19.4. The zero-order chi connectivity index (χ0) is 20.5. The van der Waals surface area contributed by atoms with Crippen molar-refractivity contribution < 1.29 is 27.8 Å². The molecular formula is C18H19F3N2O5. The van der Waals surface area contributed by atoms with Crippen LogP contribution < -0.4 is 11.2 Å². The number of H-pyrrole nitrogens is 1. The van der Waals surface area contributed by atoms with Gasteiger partial charge in [0.05, 0.1) is 19.3 Å². The summed E-state index contributed by atoms with van der Waals surface area (Å²) >= 11 is 0. The van der Waals surface area contributed by atoms with Crippen molar-refractivity contribution in [2.45, 2.75) is 44.6 Å². The highest BCUT2D eigenvalue weighted by Crippen LogP contribution is 2.32. The lowest BCUT2D eigenvalue weighted by molar-refractivity contribution is -0.139. The summed E-state index contributed by atoms with van der Waals surface area (Å²) in [4.78, 5) is 25.1. The lowest BCUT2D eigenvalue weighted by Crippen LogP contribution is -2.36. The fraction of sp³-hybridized carbons (Fsp3) is 0.444. The van der Waals surface area contributed by atoms with Gasteiger partial charge in [0.1, 0.15) is 17.9 Å². The van der Waals surface area contributed by atoms with Gasteiger partial charge in [-0.2, -0.15) is 13.2 Å². The van der Waals surface area contributed by atoms with Gasteiger partial charge in [-0.05, 0) is 12.5 Å². The number of rotatable bonds is 5. The van der Waals surface area contributed by atoms with Crippen LogP contribution in [0.4, 0.5) is 13.2 Å². The van der Waals surface area contributed by atoms with Gasteiger partial charge in [0.15, 0.2) is 0 Å². The lowest BCUT2D eigenvalue weighted by Gasteiger charge is -2.17. The second kappa shape index (κ2) is 7.90. The fourth-order valence-electron chi connectivity index (χ4n) is 3.12. The molecule has 1 aromatic heterocycles. The van der Waals surface area contributed by atoms with E-state index < -0.39 is 48.0 Å². The lowest BCUT2D eigenvalue weighted by atomic mass is 10.1. The fourth-order valence-corrected chi connectivity index (χ4v) is 3.12. The van der Waals surface area contributed by atoms with Gasteiger partial charge < -0.3 is 14.6 Å². The van der Waals surface area contributed by atoms with Crippen LogP contribution in [0.2, 0.25) is 0 Å². The van der Waals surface area contributed by atoms with Gasteiger partial charge in [-0.25, -0.2) is 4.79 Å². The van der Waals surface area contributed by atoms with Crippen molar-refractivity contribution in [3.8, 4) is 0 Å². The topological polar surface area (TPSA) is 93.6 Å². The highest BCUT2D eigenvalue weighted by molar-refractivity contribution is 5.21. The van der Waals surface area contributed by atoms with Gasteiger partial charge in [-0.3, -0.25) is 14.3 Å². The summed E-state index contributed by atoms with van der Waals surface area (Å²) in [5.74, 6) is 0. The number of aliphatic hydroxyl groups is 1. The predicted octanol–water partition coefficient (Wildman–Crippen LogP) is 1.73. The third kappa shape index (κ3) is 4.34. The summed E-state index contributed by atoms with van der Waals surface area (Å²) in [6, 6.07) is 7.57. The van der Waals surface area contributed by atoms with Gasteiger partial charge in [0.25, 0.3) is 5.56 Å². The van der Waals surface area contributed by atoms with Crippen LogP contribution in [0.25, 0.3) is 0 Å². The molecule has 1 saturated heterocycles. The van der Waals surface area contributed by atoms with Crippen molar-refractivity contribution in [3.63, 3.8) is 0 Å². The first kappa shape index (κ1) is 20.3. The SMILES string of the molecule is Cc1cccc(COC2C[C@@H](n3cc(C(F)(F)F)c(=O)[nH]c3=O)O[C@H]2CO)c1. The number of halogens is 3. The predicted molar refractivity (Wildman–Crippen MR) is 91.7 cm³/mol. The van der Waals surface area contributed by atoms with Crippen molar-refractivity contribution in [3.05, 3.63) is 68.0 Å². The molecule has 1 aromatic carbocycles. The quantitative estimate of drug-likeness (QED) is 0.797. The minimum absolute atomic E-state index is 0.0420. The van der Waals surface area contributed by atoms with E-state index in [9.17, 15) is 27.9 Å². The Morgan fingerprint density at radius 3 is 2.75 bits per heavy atom. The number of alkyl halides is 3. The van der Waals surface area contributed by atoms with E-state index in [1.807, 2.05) is 31.2 Å². The van der Waals surface area contributed by atoms with Crippen molar-refractivity contribution in [2.24, 2.45) is 0 Å². The zero-order valence-corrected chi connectivity index (χ0v) is 14.9. The Morgan fingerprint density at radius 2 is 2.11 bits per heavy atom. The monoisotopic (exact) mass is 400 g/mol. The Balaban J connectivity index is 1.80. The van der Waals surface area contributed by atoms with E-state index in [-0.39, 0.29) is 13.0 Å². The number of benzene rings is 1. The van der Waals surface area contributed by atoms with Gasteiger partial charge in [0.2, 0.25) is 0 Å². The molecule has 0 radical (unpaired) electrons. The van der Waals surface area contributed by atoms with Crippen LogP contribution in [0.15, 0.2) is 40.1 Å². The van der Waals surface area contributed by atoms with Crippen LogP contribution in [0.3, 0.4) is 0 Å². The highest BCUT2D eigenvalue weighted by Gasteiger charge is 2.39. The van der Waals surface area contributed by atoms with Crippen molar-refractivity contribution >= 4 is 0 Å². The molecule has 0 bridgehead atoms. The molecule has 1 fully saturated rings. The number of hydrogen-bond acceptors (Lipinski definition) is 5. The van der Waals surface area contributed by atoms with Crippen molar-refractivity contribution in [1.29, 1.82) is 0 Å². The molecule has 0 spiro atoms. The molecule has 1 unspecified atom stereocenters. The molecule has 2 N–H and O–H groups in total. The zero-order valence-electron chi connectivity index (χ0n) is 14.9. The molecule has 2 heterocycles. The van der Waals surface area contributed by atoms with Gasteiger partial charge in [-0.1, -0.05) is 29.8 Å². The van der Waals surface area contributed by atoms with Gasteiger partial charge >= 0.3 is 11.9 Å². The molecule has 1 aliphatic rings. The third-order valence-corrected chi connectivity index (χ3v) is 4.49. The second-order valence-corrected chi connectivity index (χ2v) is 6.59. The van der Waals surface area contributed by atoms with E-state index in [1.54, 1.807) is 4.98 Å². The first-order valence-corrected chi connectivity index (χ1v) is 8.55. The van der Waals surface area contributed by atoms with Gasteiger partial charge in [-0.15, -0.1) is 0 Å². The van der Waals surface area contributed by atoms with E-state index in [4.69, 9.17) is 9.47 Å². The van der Waals surface area contributed by atoms with Crippen LogP contribution in [0.1, 0.15) is 29.3 Å². The van der Waals surface area contributed by atoms with Gasteiger partial charge in [0, 0.05) is 12.6 Å². The van der Waals surface area contributed by atoms with Crippen LogP contribution in [0, 0.1) is 6.92 Å². The maximum absolute atomic E-state index is 13.0. The Morgan fingerprint density at radius 1 is 1.36 bits per heavy atom. The molecule has 7 nitrogen and oxygen atoms in total. The Bertz CT molecular complexity index is 953. The van der Waals surface area contributed by atoms with E-state index in [1.165, 1.54) is 0 Å². The molecule has 0 saturated carbocycles. The number of aryl methyl sites for hydroxylation is 1. The van der Waals surface area contributed by atoms with Crippen LogP contribution in [-0.4, -0.2) is 33.5 Å². The Kier molecular flexibility index (Phi) is 5.73. The van der Waals surface area contributed by atoms with Crippen LogP contribution in [-0.2, 0) is 22.3 Å². The summed E-state index contributed by atoms with van der Waals surface area (Å²) in [5, 5.41) is 9.51. The number of aromatic amines is 1. The molecule has 10 heteroatoms. The maximum Gasteiger partial charge on any atom is 0.423 e. The van der Waals surface area contributed by atoms with Crippen molar-refractivity contribution in [2.75, 3.05) is 6.61 Å². The first-order valence-electron chi connectivity index (χ1n) is 8.55. The first-order chi connectivity index (χ1) is 13.2. The van der Waals surface area contributed by atoms with Crippen molar-refractivity contribution in [1.82, 2.24) is 9.55 Å². The minimum Gasteiger partial charge on any atom is -0.394 e.